The highest BCUT2D eigenvalue weighted by Crippen LogP contribution is 2.33. The highest BCUT2D eigenvalue weighted by molar-refractivity contribution is 7.99. The van der Waals surface area contributed by atoms with Crippen LogP contribution in [0.3, 0.4) is 0 Å². The van der Waals surface area contributed by atoms with Gasteiger partial charge in [-0.05, 0) is 29.8 Å². The van der Waals surface area contributed by atoms with Gasteiger partial charge in [-0.3, -0.25) is 4.57 Å². The maximum atomic E-state index is 5.55. The summed E-state index contributed by atoms with van der Waals surface area (Å²) < 4.78 is 7.63. The molecule has 0 N–H and O–H groups in total. The molecule has 0 saturated carbocycles. The average molecular weight is 400 g/mol. The second-order valence-corrected chi connectivity index (χ2v) is 7.29. The van der Waals surface area contributed by atoms with Crippen molar-refractivity contribution in [2.24, 2.45) is 0 Å². The number of rotatable bonds is 7. The van der Waals surface area contributed by atoms with Gasteiger partial charge in [0.05, 0.1) is 12.7 Å². The van der Waals surface area contributed by atoms with Crippen LogP contribution in [0.1, 0.15) is 5.56 Å². The predicted octanol–water partition coefficient (Wildman–Crippen LogP) is 5.75. The second kappa shape index (κ2) is 9.26. The maximum absolute atomic E-state index is 5.55. The number of ether oxygens (including phenoxy) is 1. The van der Waals surface area contributed by atoms with Crippen LogP contribution in [0.2, 0.25) is 0 Å². The van der Waals surface area contributed by atoms with Gasteiger partial charge in [-0.2, -0.15) is 0 Å². The van der Waals surface area contributed by atoms with E-state index in [4.69, 9.17) is 4.74 Å². The standard InChI is InChI=1S/C24H21N3OS/c1-28-22-17-9-8-16-21(22)23-25-26-24(27(23)20-14-6-3-7-15-20)29-18-10-13-19-11-4-2-5-12-19/h2-17H,18H2,1H3/b13-10+. The molecule has 4 aromatic rings. The number of aromatic nitrogens is 3. The van der Waals surface area contributed by atoms with Crippen molar-refractivity contribution in [1.82, 2.24) is 14.8 Å². The molecule has 0 aliphatic heterocycles. The first-order valence-electron chi connectivity index (χ1n) is 9.35. The Morgan fingerprint density at radius 3 is 2.31 bits per heavy atom. The van der Waals surface area contributed by atoms with E-state index >= 15 is 0 Å². The van der Waals surface area contributed by atoms with Gasteiger partial charge in [-0.25, -0.2) is 0 Å². The van der Waals surface area contributed by atoms with E-state index in [0.29, 0.717) is 0 Å². The normalized spacial score (nSPS) is 11.1. The molecule has 3 aromatic carbocycles. The van der Waals surface area contributed by atoms with Crippen molar-refractivity contribution in [2.45, 2.75) is 5.16 Å². The largest absolute Gasteiger partial charge is 0.496 e. The molecule has 144 valence electrons. The molecular formula is C24H21N3OS. The summed E-state index contributed by atoms with van der Waals surface area (Å²) in [6, 6.07) is 28.3. The number of nitrogens with zero attached hydrogens (tertiary/aromatic N) is 3. The average Bonchev–Trinajstić information content (AvgIpc) is 3.21. The summed E-state index contributed by atoms with van der Waals surface area (Å²) in [4.78, 5) is 0. The summed E-state index contributed by atoms with van der Waals surface area (Å²) in [5, 5.41) is 9.81. The first-order valence-corrected chi connectivity index (χ1v) is 10.3. The summed E-state index contributed by atoms with van der Waals surface area (Å²) in [6.07, 6.45) is 4.27. The van der Waals surface area contributed by atoms with Crippen LogP contribution in [0.5, 0.6) is 5.75 Å². The van der Waals surface area contributed by atoms with Crippen molar-refractivity contribution in [2.75, 3.05) is 12.9 Å². The van der Waals surface area contributed by atoms with Gasteiger partial charge in [0.1, 0.15) is 5.75 Å². The second-order valence-electron chi connectivity index (χ2n) is 6.30. The lowest BCUT2D eigenvalue weighted by Gasteiger charge is -2.12. The molecule has 0 atom stereocenters. The lowest BCUT2D eigenvalue weighted by Crippen LogP contribution is -2.00. The minimum absolute atomic E-state index is 0.767. The number of thioether (sulfide) groups is 1. The lowest BCUT2D eigenvalue weighted by atomic mass is 10.2. The fourth-order valence-electron chi connectivity index (χ4n) is 3.05. The summed E-state index contributed by atoms with van der Waals surface area (Å²) >= 11 is 1.65. The summed E-state index contributed by atoms with van der Waals surface area (Å²) in [7, 11) is 1.67. The molecule has 0 spiro atoms. The molecule has 0 aliphatic rings. The zero-order valence-electron chi connectivity index (χ0n) is 16.1. The third-order valence-electron chi connectivity index (χ3n) is 4.41. The Kier molecular flexibility index (Phi) is 6.07. The molecule has 0 amide bonds. The van der Waals surface area contributed by atoms with Crippen LogP contribution in [-0.4, -0.2) is 27.6 Å². The zero-order chi connectivity index (χ0) is 19.9. The fraction of sp³-hybridized carbons (Fsp3) is 0.0833. The molecule has 0 radical (unpaired) electrons. The van der Waals surface area contributed by atoms with Crippen molar-refractivity contribution in [3.05, 3.63) is 96.6 Å². The van der Waals surface area contributed by atoms with E-state index in [0.717, 1.165) is 33.7 Å². The van der Waals surface area contributed by atoms with Gasteiger partial charge >= 0.3 is 0 Å². The number of hydrogen-bond acceptors (Lipinski definition) is 4. The third kappa shape index (κ3) is 4.41. The van der Waals surface area contributed by atoms with Gasteiger partial charge in [0.2, 0.25) is 0 Å². The van der Waals surface area contributed by atoms with Gasteiger partial charge in [0.15, 0.2) is 11.0 Å². The van der Waals surface area contributed by atoms with Crippen LogP contribution in [0.4, 0.5) is 0 Å². The van der Waals surface area contributed by atoms with E-state index in [9.17, 15) is 0 Å². The molecular weight excluding hydrogens is 378 g/mol. The molecule has 5 heteroatoms. The number of hydrogen-bond donors (Lipinski definition) is 0. The highest BCUT2D eigenvalue weighted by atomic mass is 32.2. The van der Waals surface area contributed by atoms with Crippen LogP contribution in [0.15, 0.2) is 96.2 Å². The SMILES string of the molecule is COc1ccccc1-c1nnc(SC/C=C/c2ccccc2)n1-c1ccccc1. The molecule has 0 unspecified atom stereocenters. The number of benzene rings is 3. The number of para-hydroxylation sites is 2. The highest BCUT2D eigenvalue weighted by Gasteiger charge is 2.18. The third-order valence-corrected chi connectivity index (χ3v) is 5.30. The van der Waals surface area contributed by atoms with Gasteiger partial charge < -0.3 is 4.74 Å². The molecule has 0 fully saturated rings. The van der Waals surface area contributed by atoms with E-state index in [1.165, 1.54) is 5.56 Å². The molecule has 0 aliphatic carbocycles. The van der Waals surface area contributed by atoms with Crippen molar-refractivity contribution in [3.8, 4) is 22.8 Å². The molecule has 4 nitrogen and oxygen atoms in total. The molecule has 1 aromatic heterocycles. The Balaban J connectivity index is 1.66. The molecule has 4 rings (SSSR count). The van der Waals surface area contributed by atoms with Crippen LogP contribution in [0.25, 0.3) is 23.2 Å². The van der Waals surface area contributed by atoms with Gasteiger partial charge in [-0.1, -0.05) is 84.6 Å². The fourth-order valence-corrected chi connectivity index (χ4v) is 3.81. The Hall–Kier alpha value is -3.31. The van der Waals surface area contributed by atoms with E-state index < -0.39 is 0 Å². The van der Waals surface area contributed by atoms with Crippen molar-refractivity contribution in [1.29, 1.82) is 0 Å². The first-order chi connectivity index (χ1) is 14.4. The monoisotopic (exact) mass is 399 g/mol. The van der Waals surface area contributed by atoms with Gasteiger partial charge in [0, 0.05) is 11.4 Å². The van der Waals surface area contributed by atoms with E-state index in [1.807, 2.05) is 60.7 Å². The number of methoxy groups -OCH3 is 1. The Morgan fingerprint density at radius 2 is 1.55 bits per heavy atom. The minimum atomic E-state index is 0.767. The van der Waals surface area contributed by atoms with E-state index in [2.05, 4.69) is 51.2 Å². The molecule has 0 saturated heterocycles. The Morgan fingerprint density at radius 1 is 0.862 bits per heavy atom. The summed E-state index contributed by atoms with van der Waals surface area (Å²) in [6.45, 7) is 0. The van der Waals surface area contributed by atoms with E-state index in [1.54, 1.807) is 18.9 Å². The van der Waals surface area contributed by atoms with Crippen LogP contribution >= 0.6 is 11.8 Å². The van der Waals surface area contributed by atoms with Gasteiger partial charge in [0.25, 0.3) is 0 Å². The zero-order valence-corrected chi connectivity index (χ0v) is 16.9. The Bertz CT molecular complexity index is 1090. The maximum Gasteiger partial charge on any atom is 0.196 e. The Labute approximate surface area is 174 Å². The van der Waals surface area contributed by atoms with E-state index in [-0.39, 0.29) is 0 Å². The topological polar surface area (TPSA) is 39.9 Å². The van der Waals surface area contributed by atoms with Crippen LogP contribution < -0.4 is 4.74 Å². The predicted molar refractivity (Wildman–Crippen MR) is 120 cm³/mol. The minimum Gasteiger partial charge on any atom is -0.496 e. The van der Waals surface area contributed by atoms with Crippen LogP contribution in [0, 0.1) is 0 Å². The lowest BCUT2D eigenvalue weighted by molar-refractivity contribution is 0.416. The van der Waals surface area contributed by atoms with Crippen molar-refractivity contribution in [3.63, 3.8) is 0 Å². The molecule has 1 heterocycles. The van der Waals surface area contributed by atoms with Crippen molar-refractivity contribution >= 4 is 17.8 Å². The van der Waals surface area contributed by atoms with Crippen molar-refractivity contribution < 1.29 is 4.74 Å². The van der Waals surface area contributed by atoms with Gasteiger partial charge in [-0.15, -0.1) is 10.2 Å². The quantitative estimate of drug-likeness (QED) is 0.371. The smallest absolute Gasteiger partial charge is 0.196 e. The molecule has 29 heavy (non-hydrogen) atoms. The summed E-state index contributed by atoms with van der Waals surface area (Å²) in [5.74, 6) is 2.34. The first kappa shape index (κ1) is 19.0. The van der Waals surface area contributed by atoms with Crippen LogP contribution in [-0.2, 0) is 0 Å². The summed E-state index contributed by atoms with van der Waals surface area (Å²) in [5.41, 5.74) is 3.12. The molecule has 0 bridgehead atoms.